The Labute approximate surface area is 133 Å². The summed E-state index contributed by atoms with van der Waals surface area (Å²) in [6, 6.07) is 10.4. The third kappa shape index (κ3) is 4.89. The van der Waals surface area contributed by atoms with Crippen LogP contribution in [0.15, 0.2) is 41.8 Å². The van der Waals surface area contributed by atoms with Crippen LogP contribution in [0.25, 0.3) is 0 Å². The van der Waals surface area contributed by atoms with Crippen LogP contribution in [0.5, 0.6) is 0 Å². The Morgan fingerprint density at radius 1 is 1.00 bits per heavy atom. The van der Waals surface area contributed by atoms with Crippen molar-refractivity contribution in [3.63, 3.8) is 0 Å². The van der Waals surface area contributed by atoms with Gasteiger partial charge in [0.15, 0.2) is 0 Å². The molecule has 0 saturated carbocycles. The summed E-state index contributed by atoms with van der Waals surface area (Å²) in [7, 11) is 0. The van der Waals surface area contributed by atoms with Gasteiger partial charge < -0.3 is 10.1 Å². The molecule has 1 aromatic heterocycles. The van der Waals surface area contributed by atoms with E-state index in [1.807, 2.05) is 11.4 Å². The largest absolute Gasteiger partial charge is 0.444 e. The van der Waals surface area contributed by atoms with E-state index in [4.69, 9.17) is 4.74 Å². The van der Waals surface area contributed by atoms with Gasteiger partial charge in [0.25, 0.3) is 5.91 Å². The van der Waals surface area contributed by atoms with Crippen LogP contribution in [0.2, 0.25) is 0 Å². The van der Waals surface area contributed by atoms with Crippen molar-refractivity contribution < 1.29 is 14.3 Å². The quantitative estimate of drug-likeness (QED) is 0.884. The van der Waals surface area contributed by atoms with Crippen LogP contribution in [0.4, 0.5) is 16.2 Å². The molecule has 0 unspecified atom stereocenters. The highest BCUT2D eigenvalue weighted by Gasteiger charge is 2.16. The van der Waals surface area contributed by atoms with Gasteiger partial charge in [0.1, 0.15) is 5.60 Å². The number of anilines is 2. The molecule has 2 aromatic rings. The fraction of sp³-hybridized carbons (Fsp3) is 0.250. The third-order valence-corrected chi connectivity index (χ3v) is 3.40. The molecule has 2 N–H and O–H groups in total. The zero-order valence-corrected chi connectivity index (χ0v) is 13.5. The van der Waals surface area contributed by atoms with Gasteiger partial charge in [-0.05, 0) is 56.5 Å². The van der Waals surface area contributed by atoms with Crippen LogP contribution >= 0.6 is 11.3 Å². The van der Waals surface area contributed by atoms with E-state index in [-0.39, 0.29) is 5.91 Å². The first-order chi connectivity index (χ1) is 10.3. The smallest absolute Gasteiger partial charge is 0.412 e. The molecule has 0 saturated heterocycles. The predicted octanol–water partition coefficient (Wildman–Crippen LogP) is 4.35. The SMILES string of the molecule is CC(C)(C)OC(=O)Nc1ccc(NC(=O)c2cccs2)cc1. The Bertz CT molecular complexity index is 643. The summed E-state index contributed by atoms with van der Waals surface area (Å²) in [6.07, 6.45) is -0.511. The van der Waals surface area contributed by atoms with E-state index in [2.05, 4.69) is 10.6 Å². The normalized spacial score (nSPS) is 10.9. The van der Waals surface area contributed by atoms with E-state index < -0.39 is 11.7 Å². The topological polar surface area (TPSA) is 67.4 Å². The van der Waals surface area contributed by atoms with E-state index in [1.165, 1.54) is 11.3 Å². The van der Waals surface area contributed by atoms with Crippen molar-refractivity contribution in [2.75, 3.05) is 10.6 Å². The summed E-state index contributed by atoms with van der Waals surface area (Å²) < 4.78 is 5.17. The molecule has 0 bridgehead atoms. The van der Waals surface area contributed by atoms with Crippen LogP contribution in [0, 0.1) is 0 Å². The Morgan fingerprint density at radius 2 is 1.59 bits per heavy atom. The van der Waals surface area contributed by atoms with E-state index in [0.717, 1.165) is 0 Å². The maximum absolute atomic E-state index is 11.9. The number of amides is 2. The minimum Gasteiger partial charge on any atom is -0.444 e. The first-order valence-electron chi connectivity index (χ1n) is 6.78. The number of ether oxygens (including phenoxy) is 1. The lowest BCUT2D eigenvalue weighted by Gasteiger charge is -2.19. The molecule has 0 fully saturated rings. The number of carbonyl (C=O) groups is 2. The molecular weight excluding hydrogens is 300 g/mol. The second kappa shape index (κ2) is 6.62. The molecule has 5 nitrogen and oxygen atoms in total. The monoisotopic (exact) mass is 318 g/mol. The number of hydrogen-bond acceptors (Lipinski definition) is 4. The fourth-order valence-electron chi connectivity index (χ4n) is 1.66. The van der Waals surface area contributed by atoms with E-state index >= 15 is 0 Å². The molecular formula is C16H18N2O3S. The molecule has 0 aliphatic heterocycles. The number of benzene rings is 1. The summed E-state index contributed by atoms with van der Waals surface area (Å²) in [5.41, 5.74) is 0.718. The summed E-state index contributed by atoms with van der Waals surface area (Å²) >= 11 is 1.38. The number of hydrogen-bond donors (Lipinski definition) is 2. The zero-order valence-electron chi connectivity index (χ0n) is 12.7. The average molecular weight is 318 g/mol. The van der Waals surface area contributed by atoms with Gasteiger partial charge in [-0.1, -0.05) is 6.07 Å². The molecule has 0 radical (unpaired) electrons. The van der Waals surface area contributed by atoms with Crippen LogP contribution < -0.4 is 10.6 Å². The second-order valence-corrected chi connectivity index (χ2v) is 6.58. The third-order valence-electron chi connectivity index (χ3n) is 2.53. The highest BCUT2D eigenvalue weighted by molar-refractivity contribution is 7.12. The zero-order chi connectivity index (χ0) is 16.2. The molecule has 1 aromatic carbocycles. The highest BCUT2D eigenvalue weighted by atomic mass is 32.1. The minimum absolute atomic E-state index is 0.150. The highest BCUT2D eigenvalue weighted by Crippen LogP contribution is 2.17. The summed E-state index contributed by atoms with van der Waals surface area (Å²) in [4.78, 5) is 24.2. The van der Waals surface area contributed by atoms with Crippen molar-refractivity contribution >= 4 is 34.7 Å². The van der Waals surface area contributed by atoms with Gasteiger partial charge in [0.05, 0.1) is 4.88 Å². The standard InChI is InChI=1S/C16H18N2O3S/c1-16(2,3)21-15(20)18-12-8-6-11(7-9-12)17-14(19)13-5-4-10-22-13/h4-10H,1-3H3,(H,17,19)(H,18,20). The summed E-state index contributed by atoms with van der Waals surface area (Å²) in [6.45, 7) is 5.40. The number of thiophene rings is 1. The lowest BCUT2D eigenvalue weighted by molar-refractivity contribution is 0.0635. The van der Waals surface area contributed by atoms with Crippen molar-refractivity contribution in [1.29, 1.82) is 0 Å². The van der Waals surface area contributed by atoms with Crippen molar-refractivity contribution in [3.05, 3.63) is 46.7 Å². The minimum atomic E-state index is -0.543. The molecule has 116 valence electrons. The maximum Gasteiger partial charge on any atom is 0.412 e. The van der Waals surface area contributed by atoms with Crippen molar-refractivity contribution in [2.45, 2.75) is 26.4 Å². The van der Waals surface area contributed by atoms with Gasteiger partial charge >= 0.3 is 6.09 Å². The van der Waals surface area contributed by atoms with Crippen molar-refractivity contribution in [1.82, 2.24) is 0 Å². The number of carbonyl (C=O) groups excluding carboxylic acids is 2. The predicted molar refractivity (Wildman–Crippen MR) is 88.6 cm³/mol. The lowest BCUT2D eigenvalue weighted by Crippen LogP contribution is -2.27. The molecule has 2 rings (SSSR count). The van der Waals surface area contributed by atoms with Crippen LogP contribution in [-0.2, 0) is 4.74 Å². The molecule has 1 heterocycles. The molecule has 0 aliphatic rings. The first-order valence-corrected chi connectivity index (χ1v) is 7.66. The van der Waals surface area contributed by atoms with Gasteiger partial charge in [-0.3, -0.25) is 10.1 Å². The Kier molecular flexibility index (Phi) is 4.82. The molecule has 6 heteroatoms. The molecule has 0 aliphatic carbocycles. The van der Waals surface area contributed by atoms with Crippen LogP contribution in [-0.4, -0.2) is 17.6 Å². The Balaban J connectivity index is 1.93. The molecule has 2 amide bonds. The summed E-state index contributed by atoms with van der Waals surface area (Å²) in [5.74, 6) is -0.150. The van der Waals surface area contributed by atoms with Gasteiger partial charge in [-0.15, -0.1) is 11.3 Å². The van der Waals surface area contributed by atoms with Crippen LogP contribution in [0.3, 0.4) is 0 Å². The lowest BCUT2D eigenvalue weighted by atomic mass is 10.2. The molecule has 0 spiro atoms. The van der Waals surface area contributed by atoms with Crippen molar-refractivity contribution in [2.24, 2.45) is 0 Å². The number of nitrogens with one attached hydrogen (secondary N) is 2. The summed E-state index contributed by atoms with van der Waals surface area (Å²) in [5, 5.41) is 7.28. The van der Waals surface area contributed by atoms with Gasteiger partial charge in [0.2, 0.25) is 0 Å². The molecule has 22 heavy (non-hydrogen) atoms. The average Bonchev–Trinajstić information content (AvgIpc) is 2.92. The van der Waals surface area contributed by atoms with Crippen molar-refractivity contribution in [3.8, 4) is 0 Å². The molecule has 0 atom stereocenters. The fourth-order valence-corrected chi connectivity index (χ4v) is 2.28. The first kappa shape index (κ1) is 16.0. The second-order valence-electron chi connectivity index (χ2n) is 5.64. The van der Waals surface area contributed by atoms with Gasteiger partial charge in [-0.2, -0.15) is 0 Å². The van der Waals surface area contributed by atoms with Gasteiger partial charge in [0, 0.05) is 11.4 Å². The van der Waals surface area contributed by atoms with Crippen LogP contribution in [0.1, 0.15) is 30.4 Å². The van der Waals surface area contributed by atoms with Gasteiger partial charge in [-0.25, -0.2) is 4.79 Å². The van der Waals surface area contributed by atoms with E-state index in [0.29, 0.717) is 16.3 Å². The number of rotatable bonds is 3. The Hall–Kier alpha value is -2.34. The van der Waals surface area contributed by atoms with E-state index in [1.54, 1.807) is 51.1 Å². The van der Waals surface area contributed by atoms with E-state index in [9.17, 15) is 9.59 Å². The maximum atomic E-state index is 11.9. The Morgan fingerprint density at radius 3 is 2.09 bits per heavy atom.